The third-order valence-electron chi connectivity index (χ3n) is 2.97. The first-order valence-electron chi connectivity index (χ1n) is 7.04. The maximum absolute atomic E-state index is 12.0. The number of ether oxygens (including phenoxy) is 1. The van der Waals surface area contributed by atoms with Gasteiger partial charge in [-0.05, 0) is 31.0 Å². The average molecular weight is 264 g/mol. The fourth-order valence-electron chi connectivity index (χ4n) is 2.00. The molecule has 1 fully saturated rings. The molecule has 1 saturated heterocycles. The number of carbonyl (C=O) groups excluding carboxylic acids is 1. The predicted molar refractivity (Wildman–Crippen MR) is 75.9 cm³/mol. The van der Waals surface area contributed by atoms with Crippen molar-refractivity contribution in [3.05, 3.63) is 30.1 Å². The van der Waals surface area contributed by atoms with E-state index in [-0.39, 0.29) is 12.0 Å². The van der Waals surface area contributed by atoms with E-state index in [2.05, 4.69) is 4.98 Å². The number of nitrogens with zero attached hydrogens (tertiary/aromatic N) is 2. The van der Waals surface area contributed by atoms with Gasteiger partial charge in [0.2, 0.25) is 5.91 Å². The van der Waals surface area contributed by atoms with Crippen LogP contribution in [-0.4, -0.2) is 41.6 Å². The van der Waals surface area contributed by atoms with Crippen LogP contribution in [0.4, 0.5) is 0 Å². The van der Waals surface area contributed by atoms with Gasteiger partial charge in [-0.1, -0.05) is 13.8 Å². The van der Waals surface area contributed by atoms with Gasteiger partial charge < -0.3 is 9.64 Å². The second-order valence-corrected chi connectivity index (χ2v) is 4.38. The molecule has 1 aromatic heterocycles. The lowest BCUT2D eigenvalue weighted by Gasteiger charge is -2.31. The molecule has 0 spiro atoms. The van der Waals surface area contributed by atoms with Crippen molar-refractivity contribution in [3.8, 4) is 0 Å². The lowest BCUT2D eigenvalue weighted by atomic mass is 10.1. The molecule has 1 unspecified atom stereocenters. The zero-order valence-corrected chi connectivity index (χ0v) is 12.1. The van der Waals surface area contributed by atoms with E-state index in [1.54, 1.807) is 12.4 Å². The molecule has 2 heterocycles. The molecule has 4 nitrogen and oxygen atoms in total. The Kier molecular flexibility index (Phi) is 7.11. The maximum Gasteiger partial charge on any atom is 0.223 e. The molecule has 0 radical (unpaired) electrons. The maximum atomic E-state index is 12.0. The molecule has 1 aromatic rings. The van der Waals surface area contributed by atoms with Crippen molar-refractivity contribution < 1.29 is 9.53 Å². The lowest BCUT2D eigenvalue weighted by molar-refractivity contribution is -0.138. The number of aromatic nitrogens is 1. The number of hydrogen-bond acceptors (Lipinski definition) is 3. The molecule has 4 heteroatoms. The van der Waals surface area contributed by atoms with E-state index in [0.717, 1.165) is 25.1 Å². The molecule has 0 bridgehead atoms. The van der Waals surface area contributed by atoms with Gasteiger partial charge in [-0.25, -0.2) is 0 Å². The van der Waals surface area contributed by atoms with Crippen LogP contribution in [0.3, 0.4) is 0 Å². The third kappa shape index (κ3) is 5.39. The van der Waals surface area contributed by atoms with Crippen molar-refractivity contribution in [2.24, 2.45) is 0 Å². The quantitative estimate of drug-likeness (QED) is 0.841. The van der Waals surface area contributed by atoms with E-state index < -0.39 is 0 Å². The summed E-state index contributed by atoms with van der Waals surface area (Å²) in [6, 6.07) is 3.91. The van der Waals surface area contributed by atoms with E-state index in [0.29, 0.717) is 13.0 Å². The topological polar surface area (TPSA) is 42.4 Å². The standard InChI is InChI=1S/C13H18N2O2.C2H6/c1-11-10-15(8-9-17-11)13(16)3-2-12-4-6-14-7-5-12;1-2/h4-7,11H,2-3,8-10H2,1H3;1-2H3. The Hall–Kier alpha value is -1.42. The molecule has 0 aromatic carbocycles. The summed E-state index contributed by atoms with van der Waals surface area (Å²) in [5, 5.41) is 0. The number of aryl methyl sites for hydroxylation is 1. The molecule has 19 heavy (non-hydrogen) atoms. The second kappa shape index (κ2) is 8.64. The minimum absolute atomic E-state index is 0.161. The Morgan fingerprint density at radius 3 is 2.74 bits per heavy atom. The minimum atomic E-state index is 0.161. The molecule has 1 aliphatic rings. The van der Waals surface area contributed by atoms with E-state index in [1.807, 2.05) is 37.8 Å². The summed E-state index contributed by atoms with van der Waals surface area (Å²) in [5.41, 5.74) is 1.16. The summed E-state index contributed by atoms with van der Waals surface area (Å²) < 4.78 is 5.42. The third-order valence-corrected chi connectivity index (χ3v) is 2.97. The van der Waals surface area contributed by atoms with Crippen molar-refractivity contribution in [1.29, 1.82) is 0 Å². The van der Waals surface area contributed by atoms with Gasteiger partial charge >= 0.3 is 0 Å². The first kappa shape index (κ1) is 15.6. The summed E-state index contributed by atoms with van der Waals surface area (Å²) in [5.74, 6) is 0.219. The van der Waals surface area contributed by atoms with Gasteiger partial charge in [-0.15, -0.1) is 0 Å². The Balaban J connectivity index is 0.000000861. The molecule has 106 valence electrons. The lowest BCUT2D eigenvalue weighted by Crippen LogP contribution is -2.44. The smallest absolute Gasteiger partial charge is 0.223 e. The van der Waals surface area contributed by atoms with Crippen LogP contribution in [-0.2, 0) is 16.0 Å². The molecule has 0 aliphatic carbocycles. The fraction of sp³-hybridized carbons (Fsp3) is 0.600. The fourth-order valence-corrected chi connectivity index (χ4v) is 2.00. The molecule has 2 rings (SSSR count). The summed E-state index contributed by atoms with van der Waals surface area (Å²) in [6.07, 6.45) is 5.03. The van der Waals surface area contributed by atoms with Crippen LogP contribution >= 0.6 is 0 Å². The van der Waals surface area contributed by atoms with Crippen LogP contribution in [0.15, 0.2) is 24.5 Å². The molecule has 0 N–H and O–H groups in total. The molecule has 1 atom stereocenters. The normalized spacial score (nSPS) is 18.5. The number of hydrogen-bond donors (Lipinski definition) is 0. The van der Waals surface area contributed by atoms with E-state index in [4.69, 9.17) is 4.74 Å². The average Bonchev–Trinajstić information content (AvgIpc) is 2.48. The van der Waals surface area contributed by atoms with E-state index in [9.17, 15) is 4.79 Å². The predicted octanol–water partition coefficient (Wildman–Crippen LogP) is 2.29. The molecular weight excluding hydrogens is 240 g/mol. The summed E-state index contributed by atoms with van der Waals surface area (Å²) in [4.78, 5) is 17.8. The zero-order chi connectivity index (χ0) is 14.1. The van der Waals surface area contributed by atoms with Gasteiger partial charge in [0.1, 0.15) is 0 Å². The number of rotatable bonds is 3. The van der Waals surface area contributed by atoms with Gasteiger partial charge in [-0.2, -0.15) is 0 Å². The van der Waals surface area contributed by atoms with Crippen LogP contribution in [0.25, 0.3) is 0 Å². The number of amides is 1. The van der Waals surface area contributed by atoms with Crippen molar-refractivity contribution in [1.82, 2.24) is 9.88 Å². The SMILES string of the molecule is CC.CC1CN(C(=O)CCc2ccncc2)CCO1. The highest BCUT2D eigenvalue weighted by atomic mass is 16.5. The number of morpholine rings is 1. The molecule has 1 amide bonds. The minimum Gasteiger partial charge on any atom is -0.375 e. The summed E-state index contributed by atoms with van der Waals surface area (Å²) in [7, 11) is 0. The monoisotopic (exact) mass is 264 g/mol. The van der Waals surface area contributed by atoms with Crippen molar-refractivity contribution >= 4 is 5.91 Å². The Morgan fingerprint density at radius 2 is 2.11 bits per heavy atom. The number of pyridine rings is 1. The Morgan fingerprint density at radius 1 is 1.42 bits per heavy atom. The first-order chi connectivity index (χ1) is 9.25. The Labute approximate surface area is 115 Å². The van der Waals surface area contributed by atoms with Gasteiger partial charge in [-0.3, -0.25) is 9.78 Å². The zero-order valence-electron chi connectivity index (χ0n) is 12.1. The Bertz CT molecular complexity index is 368. The van der Waals surface area contributed by atoms with Crippen molar-refractivity contribution in [3.63, 3.8) is 0 Å². The van der Waals surface area contributed by atoms with Gasteiger partial charge in [0.15, 0.2) is 0 Å². The van der Waals surface area contributed by atoms with Crippen molar-refractivity contribution in [2.75, 3.05) is 19.7 Å². The largest absolute Gasteiger partial charge is 0.375 e. The second-order valence-electron chi connectivity index (χ2n) is 4.38. The van der Waals surface area contributed by atoms with Crippen LogP contribution < -0.4 is 0 Å². The summed E-state index contributed by atoms with van der Waals surface area (Å²) in [6.45, 7) is 8.10. The molecular formula is C15H24N2O2. The summed E-state index contributed by atoms with van der Waals surface area (Å²) >= 11 is 0. The van der Waals surface area contributed by atoms with Gasteiger partial charge in [0.25, 0.3) is 0 Å². The highest BCUT2D eigenvalue weighted by Gasteiger charge is 2.20. The van der Waals surface area contributed by atoms with Crippen LogP contribution in [0.5, 0.6) is 0 Å². The molecule has 0 saturated carbocycles. The highest BCUT2D eigenvalue weighted by molar-refractivity contribution is 5.76. The van der Waals surface area contributed by atoms with Crippen molar-refractivity contribution in [2.45, 2.75) is 39.7 Å². The van der Waals surface area contributed by atoms with E-state index in [1.165, 1.54) is 0 Å². The van der Waals surface area contributed by atoms with E-state index >= 15 is 0 Å². The molecule has 1 aliphatic heterocycles. The highest BCUT2D eigenvalue weighted by Crippen LogP contribution is 2.08. The van der Waals surface area contributed by atoms with Gasteiger partial charge in [0, 0.05) is 31.9 Å². The van der Waals surface area contributed by atoms with Gasteiger partial charge in [0.05, 0.1) is 12.7 Å². The van der Waals surface area contributed by atoms with Crippen LogP contribution in [0.1, 0.15) is 32.8 Å². The van der Waals surface area contributed by atoms with Crippen LogP contribution in [0, 0.1) is 0 Å². The van der Waals surface area contributed by atoms with Crippen LogP contribution in [0.2, 0.25) is 0 Å². The number of carbonyl (C=O) groups is 1. The first-order valence-corrected chi connectivity index (χ1v) is 7.04.